The molecule has 1 aromatic carbocycles. The van der Waals surface area contributed by atoms with Gasteiger partial charge in [0.2, 0.25) is 0 Å². The highest BCUT2D eigenvalue weighted by Gasteiger charge is 2.53. The number of aromatic nitrogens is 3. The van der Waals surface area contributed by atoms with Crippen LogP contribution in [0.4, 0.5) is 0 Å². The zero-order valence-electron chi connectivity index (χ0n) is 18.0. The first kappa shape index (κ1) is 20.2. The Labute approximate surface area is 183 Å². The standard InChI is InChI=1S/C25H30N4O2/c1-28-13-12-27-24(28)25(30)21-8-4-9-22(25)17-29(16-21)15-20-7-2-3-10-23(20)31-18-19-6-5-11-26-14-19/h2-3,5-7,10-14,21-22,30H,4,8-9,15-18H2,1H3/t21-,22-/m0/s1. The maximum atomic E-state index is 11.8. The Kier molecular flexibility index (Phi) is 5.50. The SMILES string of the molecule is Cn1ccnc1C1(O)[C@H]2CCC[C@H]1CN(Cc1ccccc1OCc1cccnc1)C2. The summed E-state index contributed by atoms with van der Waals surface area (Å²) in [5, 5.41) is 11.8. The molecule has 1 saturated heterocycles. The van der Waals surface area contributed by atoms with Gasteiger partial charge in [0.15, 0.2) is 0 Å². The lowest BCUT2D eigenvalue weighted by molar-refractivity contribution is -0.155. The lowest BCUT2D eigenvalue weighted by atomic mass is 9.65. The Morgan fingerprint density at radius 3 is 2.61 bits per heavy atom. The van der Waals surface area contributed by atoms with E-state index in [4.69, 9.17) is 4.74 Å². The van der Waals surface area contributed by atoms with Crippen LogP contribution in [0.3, 0.4) is 0 Å². The topological polar surface area (TPSA) is 63.4 Å². The summed E-state index contributed by atoms with van der Waals surface area (Å²) < 4.78 is 8.13. The molecule has 0 spiro atoms. The third-order valence-electron chi connectivity index (χ3n) is 6.97. The molecule has 3 heterocycles. The van der Waals surface area contributed by atoms with Crippen molar-refractivity contribution < 1.29 is 9.84 Å². The first-order valence-electron chi connectivity index (χ1n) is 11.2. The number of ether oxygens (including phenoxy) is 1. The van der Waals surface area contributed by atoms with Crippen molar-refractivity contribution >= 4 is 0 Å². The van der Waals surface area contributed by atoms with Crippen LogP contribution in [0.15, 0.2) is 61.2 Å². The molecule has 1 aliphatic carbocycles. The van der Waals surface area contributed by atoms with Gasteiger partial charge in [0.05, 0.1) is 0 Å². The number of hydrogen-bond acceptors (Lipinski definition) is 5. The Hall–Kier alpha value is -2.70. The zero-order valence-corrected chi connectivity index (χ0v) is 18.0. The number of benzene rings is 1. The number of rotatable bonds is 6. The number of piperidine rings is 1. The number of para-hydroxylation sites is 1. The summed E-state index contributed by atoms with van der Waals surface area (Å²) in [5.41, 5.74) is 1.42. The van der Waals surface area contributed by atoms with Crippen LogP contribution in [0.25, 0.3) is 0 Å². The van der Waals surface area contributed by atoms with Gasteiger partial charge in [0.25, 0.3) is 0 Å². The second kappa shape index (κ2) is 8.44. The van der Waals surface area contributed by atoms with Crippen molar-refractivity contribution in [2.24, 2.45) is 18.9 Å². The van der Waals surface area contributed by atoms with Crippen LogP contribution in [-0.4, -0.2) is 37.6 Å². The largest absolute Gasteiger partial charge is 0.489 e. The molecule has 2 bridgehead atoms. The Morgan fingerprint density at radius 2 is 1.90 bits per heavy atom. The minimum absolute atomic E-state index is 0.199. The van der Waals surface area contributed by atoms with Crippen LogP contribution in [0.2, 0.25) is 0 Å². The van der Waals surface area contributed by atoms with E-state index in [2.05, 4.69) is 27.0 Å². The van der Waals surface area contributed by atoms with Gasteiger partial charge in [0, 0.05) is 74.4 Å². The van der Waals surface area contributed by atoms with Gasteiger partial charge in [-0.2, -0.15) is 0 Å². The van der Waals surface area contributed by atoms with E-state index < -0.39 is 5.60 Å². The van der Waals surface area contributed by atoms with Gasteiger partial charge in [-0.3, -0.25) is 9.88 Å². The van der Waals surface area contributed by atoms with Crippen molar-refractivity contribution in [2.45, 2.75) is 38.0 Å². The van der Waals surface area contributed by atoms with Crippen molar-refractivity contribution in [1.82, 2.24) is 19.4 Å². The predicted molar refractivity (Wildman–Crippen MR) is 118 cm³/mol. The molecule has 6 heteroatoms. The molecule has 0 radical (unpaired) electrons. The number of aliphatic hydroxyl groups is 1. The summed E-state index contributed by atoms with van der Waals surface area (Å²) in [4.78, 5) is 11.2. The third-order valence-corrected chi connectivity index (χ3v) is 6.97. The Bertz CT molecular complexity index is 1010. The molecule has 1 saturated carbocycles. The highest BCUT2D eigenvalue weighted by atomic mass is 16.5. The van der Waals surface area contributed by atoms with Crippen LogP contribution < -0.4 is 4.74 Å². The van der Waals surface area contributed by atoms with Gasteiger partial charge in [-0.15, -0.1) is 0 Å². The van der Waals surface area contributed by atoms with E-state index in [1.807, 2.05) is 48.3 Å². The summed E-state index contributed by atoms with van der Waals surface area (Å²) in [6.45, 7) is 3.08. The highest BCUT2D eigenvalue weighted by molar-refractivity contribution is 5.33. The molecule has 2 fully saturated rings. The second-order valence-electron chi connectivity index (χ2n) is 8.96. The summed E-state index contributed by atoms with van der Waals surface area (Å²) in [6, 6.07) is 12.2. The monoisotopic (exact) mass is 418 g/mol. The van der Waals surface area contributed by atoms with E-state index in [1.54, 1.807) is 12.4 Å². The second-order valence-corrected chi connectivity index (χ2v) is 8.96. The van der Waals surface area contributed by atoms with Gasteiger partial charge in [-0.25, -0.2) is 4.98 Å². The van der Waals surface area contributed by atoms with E-state index in [-0.39, 0.29) is 11.8 Å². The highest BCUT2D eigenvalue weighted by Crippen LogP contribution is 2.48. The lowest BCUT2D eigenvalue weighted by Gasteiger charge is -2.52. The molecular formula is C25H30N4O2. The molecular weight excluding hydrogens is 388 g/mol. The maximum absolute atomic E-state index is 11.8. The molecule has 162 valence electrons. The van der Waals surface area contributed by atoms with Crippen LogP contribution in [0, 0.1) is 11.8 Å². The quantitative estimate of drug-likeness (QED) is 0.664. The van der Waals surface area contributed by atoms with E-state index in [0.29, 0.717) is 6.61 Å². The van der Waals surface area contributed by atoms with Gasteiger partial charge in [-0.1, -0.05) is 30.7 Å². The molecule has 31 heavy (non-hydrogen) atoms. The molecule has 2 aliphatic rings. The number of aryl methyl sites for hydroxylation is 1. The molecule has 3 aromatic rings. The average Bonchev–Trinajstić information content (AvgIpc) is 3.21. The van der Waals surface area contributed by atoms with Gasteiger partial charge in [-0.05, 0) is 25.0 Å². The summed E-state index contributed by atoms with van der Waals surface area (Å²) in [6.07, 6.45) is 10.6. The molecule has 1 N–H and O–H groups in total. The average molecular weight is 419 g/mol. The minimum Gasteiger partial charge on any atom is -0.489 e. The van der Waals surface area contributed by atoms with Crippen molar-refractivity contribution in [2.75, 3.05) is 13.1 Å². The summed E-state index contributed by atoms with van der Waals surface area (Å²) >= 11 is 0. The first-order chi connectivity index (χ1) is 15.1. The molecule has 6 nitrogen and oxygen atoms in total. The third kappa shape index (κ3) is 3.86. The number of likely N-dealkylation sites (tertiary alicyclic amines) is 1. The molecule has 0 amide bonds. The normalized spacial score (nSPS) is 26.0. The van der Waals surface area contributed by atoms with Gasteiger partial charge >= 0.3 is 0 Å². The number of imidazole rings is 1. The van der Waals surface area contributed by atoms with Crippen molar-refractivity contribution in [1.29, 1.82) is 0 Å². The van der Waals surface area contributed by atoms with Gasteiger partial charge in [0.1, 0.15) is 23.8 Å². The van der Waals surface area contributed by atoms with E-state index in [0.717, 1.165) is 49.6 Å². The van der Waals surface area contributed by atoms with Crippen LogP contribution >= 0.6 is 0 Å². The molecule has 1 aliphatic heterocycles. The fraction of sp³-hybridized carbons (Fsp3) is 0.440. The van der Waals surface area contributed by atoms with E-state index in [9.17, 15) is 5.11 Å². The number of fused-ring (bicyclic) bond motifs is 2. The van der Waals surface area contributed by atoms with Crippen LogP contribution in [-0.2, 0) is 25.8 Å². The number of hydrogen-bond donors (Lipinski definition) is 1. The number of pyridine rings is 1. The van der Waals surface area contributed by atoms with E-state index in [1.165, 1.54) is 12.0 Å². The molecule has 5 rings (SSSR count). The van der Waals surface area contributed by atoms with Crippen molar-refractivity contribution in [3.63, 3.8) is 0 Å². The van der Waals surface area contributed by atoms with Crippen molar-refractivity contribution in [3.8, 4) is 5.75 Å². The Balaban J connectivity index is 1.32. The van der Waals surface area contributed by atoms with Gasteiger partial charge < -0.3 is 14.4 Å². The van der Waals surface area contributed by atoms with E-state index >= 15 is 0 Å². The Morgan fingerprint density at radius 1 is 1.10 bits per heavy atom. The van der Waals surface area contributed by atoms with Crippen LogP contribution in [0.1, 0.15) is 36.2 Å². The molecule has 2 atom stereocenters. The maximum Gasteiger partial charge on any atom is 0.141 e. The van der Waals surface area contributed by atoms with Crippen molar-refractivity contribution in [3.05, 3.63) is 78.1 Å². The van der Waals surface area contributed by atoms with Crippen LogP contribution in [0.5, 0.6) is 5.75 Å². The predicted octanol–water partition coefficient (Wildman–Crippen LogP) is 3.51. The smallest absolute Gasteiger partial charge is 0.141 e. The molecule has 2 aromatic heterocycles. The fourth-order valence-electron chi connectivity index (χ4n) is 5.45. The fourth-order valence-corrected chi connectivity index (χ4v) is 5.45. The zero-order chi connectivity index (χ0) is 21.3. The number of nitrogens with zero attached hydrogens (tertiary/aromatic N) is 4. The lowest BCUT2D eigenvalue weighted by Crippen LogP contribution is -2.58. The summed E-state index contributed by atoms with van der Waals surface area (Å²) in [7, 11) is 1.98. The minimum atomic E-state index is -0.830. The summed E-state index contributed by atoms with van der Waals surface area (Å²) in [5.74, 6) is 2.14. The molecule has 0 unspecified atom stereocenters. The first-order valence-corrected chi connectivity index (χ1v) is 11.2.